The molecule has 0 aliphatic carbocycles. The fourth-order valence-electron chi connectivity index (χ4n) is 2.88. The van der Waals surface area contributed by atoms with Crippen LogP contribution in [0.5, 0.6) is 0 Å². The second-order valence-electron chi connectivity index (χ2n) is 5.84. The van der Waals surface area contributed by atoms with Gasteiger partial charge < -0.3 is 20.4 Å². The Morgan fingerprint density at radius 1 is 1.30 bits per heavy atom. The Kier molecular flexibility index (Phi) is 4.45. The van der Waals surface area contributed by atoms with Gasteiger partial charge in [-0.05, 0) is 25.0 Å². The van der Waals surface area contributed by atoms with Crippen LogP contribution < -0.4 is 11.1 Å². The minimum absolute atomic E-state index is 0.0864. The molecule has 0 radical (unpaired) electrons. The molecule has 0 unspecified atom stereocenters. The van der Waals surface area contributed by atoms with E-state index in [1.807, 2.05) is 35.0 Å². The topological polar surface area (TPSA) is 92.7 Å². The first-order valence-electron chi connectivity index (χ1n) is 7.88. The van der Waals surface area contributed by atoms with Crippen molar-refractivity contribution in [3.05, 3.63) is 36.3 Å². The molecule has 23 heavy (non-hydrogen) atoms. The Morgan fingerprint density at radius 3 is 2.78 bits per heavy atom. The van der Waals surface area contributed by atoms with Crippen LogP contribution in [0.25, 0.3) is 5.65 Å². The molecule has 0 saturated carbocycles. The molecule has 0 atom stereocenters. The number of piperidine rings is 1. The molecule has 7 heteroatoms. The van der Waals surface area contributed by atoms with Gasteiger partial charge in [0.2, 0.25) is 5.91 Å². The summed E-state index contributed by atoms with van der Waals surface area (Å²) in [6.45, 7) is 1.69. The summed E-state index contributed by atoms with van der Waals surface area (Å²) in [5.74, 6) is -0.367. The lowest BCUT2D eigenvalue weighted by Gasteiger charge is -2.30. The lowest BCUT2D eigenvalue weighted by Crippen LogP contribution is -2.46. The highest BCUT2D eigenvalue weighted by atomic mass is 16.2. The number of hydrogen-bond acceptors (Lipinski definition) is 3. The first-order chi connectivity index (χ1) is 11.1. The molecule has 7 nitrogen and oxygen atoms in total. The molecule has 1 saturated heterocycles. The molecular weight excluding hydrogens is 294 g/mol. The molecular formula is C16H21N5O2. The number of amides is 3. The zero-order valence-corrected chi connectivity index (χ0v) is 12.9. The number of nitrogens with one attached hydrogen (secondary N) is 1. The van der Waals surface area contributed by atoms with Crippen molar-refractivity contribution in [3.8, 4) is 0 Å². The largest absolute Gasteiger partial charge is 0.369 e. The first kappa shape index (κ1) is 15.3. The first-order valence-corrected chi connectivity index (χ1v) is 7.88. The minimum atomic E-state index is -0.267. The maximum Gasteiger partial charge on any atom is 0.317 e. The van der Waals surface area contributed by atoms with Gasteiger partial charge in [0, 0.05) is 44.4 Å². The summed E-state index contributed by atoms with van der Waals surface area (Å²) < 4.78 is 1.96. The summed E-state index contributed by atoms with van der Waals surface area (Å²) >= 11 is 0. The molecule has 0 aromatic carbocycles. The lowest BCUT2D eigenvalue weighted by atomic mass is 9.96. The van der Waals surface area contributed by atoms with E-state index in [2.05, 4.69) is 10.3 Å². The number of fused-ring (bicyclic) bond motifs is 1. The number of likely N-dealkylation sites (tertiary alicyclic amines) is 1. The van der Waals surface area contributed by atoms with Crippen molar-refractivity contribution in [3.63, 3.8) is 0 Å². The molecule has 0 spiro atoms. The average molecular weight is 315 g/mol. The Hall–Kier alpha value is -2.57. The third-order valence-electron chi connectivity index (χ3n) is 4.26. The number of carbonyl (C=O) groups excluding carboxylic acids is 2. The van der Waals surface area contributed by atoms with Crippen molar-refractivity contribution in [2.75, 3.05) is 19.6 Å². The van der Waals surface area contributed by atoms with Gasteiger partial charge in [-0.25, -0.2) is 9.78 Å². The molecule has 1 aliphatic heterocycles. The van der Waals surface area contributed by atoms with Gasteiger partial charge in [0.25, 0.3) is 0 Å². The van der Waals surface area contributed by atoms with E-state index in [1.165, 1.54) is 0 Å². The van der Waals surface area contributed by atoms with Gasteiger partial charge in [0.15, 0.2) is 0 Å². The maximum absolute atomic E-state index is 12.1. The molecule has 0 bridgehead atoms. The van der Waals surface area contributed by atoms with Crippen LogP contribution in [0, 0.1) is 5.92 Å². The number of urea groups is 1. The van der Waals surface area contributed by atoms with Crippen molar-refractivity contribution in [2.45, 2.75) is 19.3 Å². The normalized spacial score (nSPS) is 15.7. The van der Waals surface area contributed by atoms with Gasteiger partial charge in [-0.2, -0.15) is 0 Å². The van der Waals surface area contributed by atoms with E-state index in [9.17, 15) is 9.59 Å². The summed E-state index contributed by atoms with van der Waals surface area (Å²) in [5, 5.41) is 2.91. The van der Waals surface area contributed by atoms with Gasteiger partial charge in [-0.15, -0.1) is 0 Å². The lowest BCUT2D eigenvalue weighted by molar-refractivity contribution is -0.123. The van der Waals surface area contributed by atoms with Crippen LogP contribution >= 0.6 is 0 Å². The number of nitrogens with two attached hydrogens (primary N) is 1. The second-order valence-corrected chi connectivity index (χ2v) is 5.84. The molecule has 2 aromatic rings. The quantitative estimate of drug-likeness (QED) is 0.873. The van der Waals surface area contributed by atoms with Gasteiger partial charge >= 0.3 is 6.03 Å². The van der Waals surface area contributed by atoms with Gasteiger partial charge in [-0.1, -0.05) is 6.07 Å². The van der Waals surface area contributed by atoms with E-state index in [-0.39, 0.29) is 17.9 Å². The Morgan fingerprint density at radius 2 is 2.09 bits per heavy atom. The molecule has 3 amide bonds. The summed E-state index contributed by atoms with van der Waals surface area (Å²) in [4.78, 5) is 29.5. The van der Waals surface area contributed by atoms with Crippen molar-refractivity contribution < 1.29 is 9.59 Å². The average Bonchev–Trinajstić information content (AvgIpc) is 2.97. The van der Waals surface area contributed by atoms with Crippen LogP contribution in [-0.2, 0) is 11.2 Å². The van der Waals surface area contributed by atoms with E-state index in [0.717, 1.165) is 11.3 Å². The van der Waals surface area contributed by atoms with Crippen LogP contribution in [0.1, 0.15) is 18.5 Å². The van der Waals surface area contributed by atoms with Crippen LogP contribution in [0.4, 0.5) is 4.79 Å². The molecule has 122 valence electrons. The second kappa shape index (κ2) is 6.68. The highest BCUT2D eigenvalue weighted by Gasteiger charge is 2.25. The monoisotopic (exact) mass is 315 g/mol. The zero-order valence-electron chi connectivity index (χ0n) is 12.9. The fraction of sp³-hybridized carbons (Fsp3) is 0.438. The van der Waals surface area contributed by atoms with E-state index in [4.69, 9.17) is 5.73 Å². The van der Waals surface area contributed by atoms with Gasteiger partial charge in [0.05, 0.1) is 5.69 Å². The predicted molar refractivity (Wildman–Crippen MR) is 85.8 cm³/mol. The van der Waals surface area contributed by atoms with E-state index < -0.39 is 0 Å². The Labute approximate surface area is 134 Å². The number of carbonyl (C=O) groups is 2. The SMILES string of the molecule is NC(=O)C1CCN(C(=O)NCCc2cn3ccccc3n2)CC1. The van der Waals surface area contributed by atoms with E-state index >= 15 is 0 Å². The smallest absolute Gasteiger partial charge is 0.317 e. The number of imidazole rings is 1. The van der Waals surface area contributed by atoms with E-state index in [1.54, 1.807) is 4.90 Å². The predicted octanol–water partition coefficient (Wildman–Crippen LogP) is 0.784. The highest BCUT2D eigenvalue weighted by molar-refractivity contribution is 5.78. The van der Waals surface area contributed by atoms with Crippen LogP contribution in [0.15, 0.2) is 30.6 Å². The van der Waals surface area contributed by atoms with Crippen molar-refractivity contribution >= 4 is 17.6 Å². The van der Waals surface area contributed by atoms with Crippen molar-refractivity contribution in [1.82, 2.24) is 19.6 Å². The number of aromatic nitrogens is 2. The molecule has 3 heterocycles. The summed E-state index contributed by atoms with van der Waals surface area (Å²) in [5.41, 5.74) is 7.15. The maximum atomic E-state index is 12.1. The zero-order chi connectivity index (χ0) is 16.2. The summed E-state index contributed by atoms with van der Waals surface area (Å²) in [6, 6.07) is 5.77. The van der Waals surface area contributed by atoms with Gasteiger partial charge in [0.1, 0.15) is 5.65 Å². The van der Waals surface area contributed by atoms with Crippen LogP contribution in [0.2, 0.25) is 0 Å². The number of hydrogen-bond donors (Lipinski definition) is 2. The summed E-state index contributed by atoms with van der Waals surface area (Å²) in [6.07, 6.45) is 5.91. The fourth-order valence-corrected chi connectivity index (χ4v) is 2.88. The van der Waals surface area contributed by atoms with Gasteiger partial charge in [-0.3, -0.25) is 4.79 Å². The minimum Gasteiger partial charge on any atom is -0.369 e. The van der Waals surface area contributed by atoms with E-state index in [0.29, 0.717) is 38.9 Å². The number of pyridine rings is 1. The number of primary amides is 1. The molecule has 1 fully saturated rings. The number of rotatable bonds is 4. The molecule has 2 aromatic heterocycles. The molecule has 3 N–H and O–H groups in total. The van der Waals surface area contributed by atoms with Crippen LogP contribution in [0.3, 0.4) is 0 Å². The molecule has 3 rings (SSSR count). The van der Waals surface area contributed by atoms with Crippen LogP contribution in [-0.4, -0.2) is 45.9 Å². The third-order valence-corrected chi connectivity index (χ3v) is 4.26. The van der Waals surface area contributed by atoms with Crippen molar-refractivity contribution in [2.24, 2.45) is 11.7 Å². The van der Waals surface area contributed by atoms with Crippen molar-refractivity contribution in [1.29, 1.82) is 0 Å². The summed E-state index contributed by atoms with van der Waals surface area (Å²) in [7, 11) is 0. The Bertz CT molecular complexity index is 670. The number of nitrogens with zero attached hydrogens (tertiary/aromatic N) is 3. The highest BCUT2D eigenvalue weighted by Crippen LogP contribution is 2.16. The standard InChI is InChI=1S/C16H21N5O2/c17-15(22)12-5-9-20(10-6-12)16(23)18-7-4-13-11-21-8-2-1-3-14(21)19-13/h1-3,8,11-12H,4-7,9-10H2,(H2,17,22)(H,18,23). The molecule has 1 aliphatic rings. The third kappa shape index (κ3) is 3.61. The Balaban J connectivity index is 1.45.